The molecule has 0 aromatic heterocycles. The van der Waals surface area contributed by atoms with Gasteiger partial charge in [0, 0.05) is 10.5 Å². The van der Waals surface area contributed by atoms with E-state index in [1.54, 1.807) is 31.4 Å². The van der Waals surface area contributed by atoms with E-state index >= 15 is 0 Å². The van der Waals surface area contributed by atoms with E-state index in [0.29, 0.717) is 28.8 Å². The summed E-state index contributed by atoms with van der Waals surface area (Å²) in [5.41, 5.74) is 1.38. The van der Waals surface area contributed by atoms with Crippen LogP contribution in [0, 0.1) is 0 Å². The Morgan fingerprint density at radius 3 is 2.71 bits per heavy atom. The molecule has 6 heteroatoms. The molecule has 0 bridgehead atoms. The van der Waals surface area contributed by atoms with Gasteiger partial charge in [-0.05, 0) is 48.9 Å². The van der Waals surface area contributed by atoms with Crippen molar-refractivity contribution < 1.29 is 14.3 Å². The molecule has 126 valence electrons. The second kappa shape index (κ2) is 8.76. The Bertz CT molecular complexity index is 762. The molecule has 0 saturated carbocycles. The molecule has 0 fully saturated rings. The standard InChI is InChI=1S/C18H17BrClNO3/c1-3-24-17-10-12(4-8-16(17)23-2)5-9-18(22)21-15-7-6-13(19)11-14(15)20/h4-11H,3H2,1-2H3,(H,21,22)/b9-5+. The molecule has 2 rings (SSSR count). The van der Waals surface area contributed by atoms with Crippen molar-refractivity contribution in [3.63, 3.8) is 0 Å². The summed E-state index contributed by atoms with van der Waals surface area (Å²) in [5.74, 6) is 1.02. The maximum absolute atomic E-state index is 12.0. The van der Waals surface area contributed by atoms with Gasteiger partial charge in [-0.1, -0.05) is 33.6 Å². The highest BCUT2D eigenvalue weighted by molar-refractivity contribution is 9.10. The van der Waals surface area contributed by atoms with Crippen molar-refractivity contribution in [3.05, 3.63) is 57.5 Å². The van der Waals surface area contributed by atoms with Crippen molar-refractivity contribution in [2.45, 2.75) is 6.92 Å². The molecule has 2 aromatic carbocycles. The van der Waals surface area contributed by atoms with Gasteiger partial charge in [-0.25, -0.2) is 0 Å². The lowest BCUT2D eigenvalue weighted by atomic mass is 10.2. The highest BCUT2D eigenvalue weighted by Crippen LogP contribution is 2.29. The summed E-state index contributed by atoms with van der Waals surface area (Å²) in [6, 6.07) is 10.7. The number of hydrogen-bond donors (Lipinski definition) is 1. The number of hydrogen-bond acceptors (Lipinski definition) is 3. The first-order valence-corrected chi connectivity index (χ1v) is 8.45. The van der Waals surface area contributed by atoms with Gasteiger partial charge in [0.25, 0.3) is 0 Å². The number of nitrogens with one attached hydrogen (secondary N) is 1. The topological polar surface area (TPSA) is 47.6 Å². The summed E-state index contributed by atoms with van der Waals surface area (Å²) < 4.78 is 11.6. The lowest BCUT2D eigenvalue weighted by molar-refractivity contribution is -0.111. The average Bonchev–Trinajstić information content (AvgIpc) is 2.56. The van der Waals surface area contributed by atoms with Gasteiger partial charge in [0.15, 0.2) is 11.5 Å². The van der Waals surface area contributed by atoms with Crippen LogP contribution in [-0.4, -0.2) is 19.6 Å². The van der Waals surface area contributed by atoms with Crippen LogP contribution in [0.1, 0.15) is 12.5 Å². The zero-order valence-corrected chi connectivity index (χ0v) is 15.6. The zero-order chi connectivity index (χ0) is 17.5. The number of methoxy groups -OCH3 is 1. The van der Waals surface area contributed by atoms with E-state index in [2.05, 4.69) is 21.2 Å². The van der Waals surface area contributed by atoms with E-state index in [1.807, 2.05) is 25.1 Å². The number of carbonyl (C=O) groups excluding carboxylic acids is 1. The Hall–Kier alpha value is -1.98. The highest BCUT2D eigenvalue weighted by Gasteiger charge is 2.06. The van der Waals surface area contributed by atoms with Crippen molar-refractivity contribution in [1.82, 2.24) is 0 Å². The van der Waals surface area contributed by atoms with Crippen LogP contribution in [0.3, 0.4) is 0 Å². The van der Waals surface area contributed by atoms with Crippen LogP contribution in [-0.2, 0) is 4.79 Å². The Morgan fingerprint density at radius 2 is 2.04 bits per heavy atom. The Balaban J connectivity index is 2.09. The van der Waals surface area contributed by atoms with Gasteiger partial charge in [-0.15, -0.1) is 0 Å². The Morgan fingerprint density at radius 1 is 1.25 bits per heavy atom. The van der Waals surface area contributed by atoms with Crippen LogP contribution in [0.15, 0.2) is 46.9 Å². The molecule has 2 aromatic rings. The molecule has 24 heavy (non-hydrogen) atoms. The summed E-state index contributed by atoms with van der Waals surface area (Å²) in [5, 5.41) is 3.20. The summed E-state index contributed by atoms with van der Waals surface area (Å²) in [7, 11) is 1.59. The van der Waals surface area contributed by atoms with Crippen molar-refractivity contribution in [2.24, 2.45) is 0 Å². The van der Waals surface area contributed by atoms with E-state index in [9.17, 15) is 4.79 Å². The third kappa shape index (κ3) is 5.01. The first-order valence-electron chi connectivity index (χ1n) is 7.28. The molecule has 0 spiro atoms. The highest BCUT2D eigenvalue weighted by atomic mass is 79.9. The van der Waals surface area contributed by atoms with Crippen LogP contribution in [0.5, 0.6) is 11.5 Å². The first-order chi connectivity index (χ1) is 11.5. The summed E-state index contributed by atoms with van der Waals surface area (Å²) in [6.45, 7) is 2.43. The molecule has 0 atom stereocenters. The molecule has 0 saturated heterocycles. The molecule has 0 aliphatic heterocycles. The van der Waals surface area contributed by atoms with Gasteiger partial charge in [0.05, 0.1) is 24.4 Å². The maximum atomic E-state index is 12.0. The molecule has 0 unspecified atom stereocenters. The monoisotopic (exact) mass is 409 g/mol. The van der Waals surface area contributed by atoms with Crippen LogP contribution in [0.4, 0.5) is 5.69 Å². The number of ether oxygens (including phenoxy) is 2. The lowest BCUT2D eigenvalue weighted by Gasteiger charge is -2.09. The SMILES string of the molecule is CCOc1cc(/C=C/C(=O)Nc2ccc(Br)cc2Cl)ccc1OC. The average molecular weight is 411 g/mol. The summed E-state index contributed by atoms with van der Waals surface area (Å²) in [4.78, 5) is 12.0. The van der Waals surface area contributed by atoms with Crippen molar-refractivity contribution in [3.8, 4) is 11.5 Å². The normalized spacial score (nSPS) is 10.7. The Kier molecular flexibility index (Phi) is 6.70. The zero-order valence-electron chi connectivity index (χ0n) is 13.3. The fourth-order valence-corrected chi connectivity index (χ4v) is 2.72. The van der Waals surface area contributed by atoms with Crippen LogP contribution in [0.2, 0.25) is 5.02 Å². The largest absolute Gasteiger partial charge is 0.493 e. The van der Waals surface area contributed by atoms with Gasteiger partial charge in [-0.2, -0.15) is 0 Å². The van der Waals surface area contributed by atoms with E-state index < -0.39 is 0 Å². The molecule has 1 amide bonds. The molecule has 0 radical (unpaired) electrons. The molecular weight excluding hydrogens is 394 g/mol. The molecular formula is C18H17BrClNO3. The van der Waals surface area contributed by atoms with Gasteiger partial charge in [-0.3, -0.25) is 4.79 Å². The molecule has 0 aliphatic carbocycles. The van der Waals surface area contributed by atoms with Gasteiger partial charge in [0.1, 0.15) is 0 Å². The lowest BCUT2D eigenvalue weighted by Crippen LogP contribution is -2.08. The molecule has 1 N–H and O–H groups in total. The van der Waals surface area contributed by atoms with E-state index in [-0.39, 0.29) is 5.91 Å². The number of amides is 1. The maximum Gasteiger partial charge on any atom is 0.248 e. The predicted octanol–water partition coefficient (Wildman–Crippen LogP) is 5.16. The van der Waals surface area contributed by atoms with Crippen molar-refractivity contribution in [2.75, 3.05) is 19.0 Å². The summed E-state index contributed by atoms with van der Waals surface area (Å²) in [6.07, 6.45) is 3.14. The van der Waals surface area contributed by atoms with Gasteiger partial charge in [0.2, 0.25) is 5.91 Å². The van der Waals surface area contributed by atoms with Crippen molar-refractivity contribution >= 4 is 45.2 Å². The van der Waals surface area contributed by atoms with Crippen molar-refractivity contribution in [1.29, 1.82) is 0 Å². The number of anilines is 1. The Labute approximate surface area is 154 Å². The minimum absolute atomic E-state index is 0.270. The van der Waals surface area contributed by atoms with E-state index in [4.69, 9.17) is 21.1 Å². The minimum atomic E-state index is -0.270. The third-order valence-electron chi connectivity index (χ3n) is 3.10. The quantitative estimate of drug-likeness (QED) is 0.669. The van der Waals surface area contributed by atoms with E-state index in [0.717, 1.165) is 10.0 Å². The fraction of sp³-hybridized carbons (Fsp3) is 0.167. The fourth-order valence-electron chi connectivity index (χ4n) is 2.00. The second-order valence-electron chi connectivity index (χ2n) is 4.79. The first kappa shape index (κ1) is 18.4. The van der Waals surface area contributed by atoms with Gasteiger partial charge >= 0.3 is 0 Å². The van der Waals surface area contributed by atoms with Crippen LogP contribution in [0.25, 0.3) is 6.08 Å². The smallest absolute Gasteiger partial charge is 0.248 e. The molecule has 0 aliphatic rings. The number of halogens is 2. The number of carbonyl (C=O) groups is 1. The molecule has 4 nitrogen and oxygen atoms in total. The van der Waals surface area contributed by atoms with Crippen LogP contribution < -0.4 is 14.8 Å². The van der Waals surface area contributed by atoms with E-state index in [1.165, 1.54) is 6.08 Å². The van der Waals surface area contributed by atoms with Crippen LogP contribution >= 0.6 is 27.5 Å². The predicted molar refractivity (Wildman–Crippen MR) is 101 cm³/mol. The summed E-state index contributed by atoms with van der Waals surface area (Å²) >= 11 is 9.40. The number of benzene rings is 2. The van der Waals surface area contributed by atoms with Gasteiger partial charge < -0.3 is 14.8 Å². The molecule has 0 heterocycles. The second-order valence-corrected chi connectivity index (χ2v) is 6.11. The third-order valence-corrected chi connectivity index (χ3v) is 3.91. The number of rotatable bonds is 6. The minimum Gasteiger partial charge on any atom is -0.493 e.